The molecule has 3 nitrogen and oxygen atoms in total. The Kier molecular flexibility index (Phi) is 5.35. The summed E-state index contributed by atoms with van der Waals surface area (Å²) in [6, 6.07) is 6.46. The molecule has 0 saturated heterocycles. The predicted octanol–water partition coefficient (Wildman–Crippen LogP) is 4.52. The molecule has 2 atom stereocenters. The van der Waals surface area contributed by atoms with E-state index >= 15 is 0 Å². The van der Waals surface area contributed by atoms with E-state index in [0.717, 1.165) is 6.92 Å². The highest BCUT2D eigenvalue weighted by molar-refractivity contribution is 7.94. The van der Waals surface area contributed by atoms with Crippen molar-refractivity contribution in [3.63, 3.8) is 0 Å². The number of rotatable bonds is 5. The van der Waals surface area contributed by atoms with E-state index in [0.29, 0.717) is 0 Å². The number of ketones is 1. The van der Waals surface area contributed by atoms with Crippen LogP contribution in [-0.4, -0.2) is 42.7 Å². The zero-order chi connectivity index (χ0) is 22.7. The summed E-state index contributed by atoms with van der Waals surface area (Å²) in [6.45, 7) is 0.964. The molecule has 1 fully saturated rings. The molecule has 2 rings (SSSR count). The third kappa shape index (κ3) is 3.12. The van der Waals surface area contributed by atoms with Crippen molar-refractivity contribution in [1.29, 1.82) is 0 Å². The Hall–Kier alpha value is -1.79. The van der Waals surface area contributed by atoms with Gasteiger partial charge in [-0.1, -0.05) is 37.3 Å². The maximum Gasteiger partial charge on any atom is 0.460 e. The van der Waals surface area contributed by atoms with Gasteiger partial charge in [-0.05, 0) is 12.0 Å². The van der Waals surface area contributed by atoms with E-state index in [1.165, 1.54) is 30.3 Å². The zero-order valence-electron chi connectivity index (χ0n) is 14.4. The quantitative estimate of drug-likeness (QED) is 0.613. The standard InChI is InChI=1S/C16H13F9O3S/c1-12(9-5-3-2-4-6-9)8-7-10(26)11(12)29(27,28)16(24,25)14(19,20)13(17,18)15(21,22)23/h2-6,11H,7-8H2,1H3. The molecule has 1 aromatic carbocycles. The lowest BCUT2D eigenvalue weighted by Crippen LogP contribution is -2.65. The van der Waals surface area contributed by atoms with Gasteiger partial charge in [-0.25, -0.2) is 8.42 Å². The van der Waals surface area contributed by atoms with Crippen LogP contribution in [0.3, 0.4) is 0 Å². The summed E-state index contributed by atoms with van der Waals surface area (Å²) in [4.78, 5) is 12.1. The Morgan fingerprint density at radius 1 is 0.897 bits per heavy atom. The van der Waals surface area contributed by atoms with Gasteiger partial charge in [0.1, 0.15) is 5.25 Å². The van der Waals surface area contributed by atoms with E-state index in [1.807, 2.05) is 0 Å². The van der Waals surface area contributed by atoms with Crippen LogP contribution < -0.4 is 0 Å². The van der Waals surface area contributed by atoms with Crippen molar-refractivity contribution >= 4 is 15.6 Å². The summed E-state index contributed by atoms with van der Waals surface area (Å²) in [6.07, 6.45) is -8.26. The molecule has 0 heterocycles. The minimum absolute atomic E-state index is 0.0545. The highest BCUT2D eigenvalue weighted by Gasteiger charge is 2.86. The highest BCUT2D eigenvalue weighted by atomic mass is 32.2. The van der Waals surface area contributed by atoms with Crippen LogP contribution in [0.25, 0.3) is 0 Å². The van der Waals surface area contributed by atoms with Crippen molar-refractivity contribution in [3.05, 3.63) is 35.9 Å². The second-order valence-electron chi connectivity index (χ2n) is 6.84. The predicted molar refractivity (Wildman–Crippen MR) is 81.6 cm³/mol. The number of hydrogen-bond donors (Lipinski definition) is 0. The van der Waals surface area contributed by atoms with Crippen molar-refractivity contribution < 1.29 is 52.7 Å². The molecule has 13 heteroatoms. The van der Waals surface area contributed by atoms with Crippen LogP contribution in [0.15, 0.2) is 30.3 Å². The molecule has 1 aliphatic carbocycles. The van der Waals surface area contributed by atoms with Gasteiger partial charge in [0, 0.05) is 11.8 Å². The van der Waals surface area contributed by atoms with Crippen molar-refractivity contribution in [2.24, 2.45) is 0 Å². The molecule has 0 aliphatic heterocycles. The number of sulfone groups is 1. The summed E-state index contributed by atoms with van der Waals surface area (Å²) in [5.74, 6) is -16.2. The first-order valence-corrected chi connectivity index (χ1v) is 9.42. The largest absolute Gasteiger partial charge is 0.460 e. The smallest absolute Gasteiger partial charge is 0.298 e. The summed E-state index contributed by atoms with van der Waals surface area (Å²) in [5.41, 5.74) is -2.09. The van der Waals surface area contributed by atoms with Crippen molar-refractivity contribution in [3.8, 4) is 0 Å². The maximum absolute atomic E-state index is 14.2. The van der Waals surface area contributed by atoms with Gasteiger partial charge in [0.15, 0.2) is 5.78 Å². The van der Waals surface area contributed by atoms with Crippen LogP contribution in [-0.2, 0) is 20.0 Å². The molecular formula is C16H13F9O3S. The molecule has 0 N–H and O–H groups in total. The molecule has 0 amide bonds. The second-order valence-corrected chi connectivity index (χ2v) is 8.91. The van der Waals surface area contributed by atoms with Crippen molar-refractivity contribution in [2.75, 3.05) is 0 Å². The third-order valence-corrected chi connectivity index (χ3v) is 7.35. The number of benzene rings is 1. The fourth-order valence-corrected chi connectivity index (χ4v) is 5.50. The van der Waals surface area contributed by atoms with Crippen LogP contribution in [0.1, 0.15) is 25.3 Å². The molecule has 0 spiro atoms. The summed E-state index contributed by atoms with van der Waals surface area (Å²) in [5, 5.41) is -9.83. The number of hydrogen-bond acceptors (Lipinski definition) is 3. The van der Waals surface area contributed by atoms with Gasteiger partial charge in [-0.3, -0.25) is 4.79 Å². The van der Waals surface area contributed by atoms with Gasteiger partial charge in [0.25, 0.3) is 0 Å². The lowest BCUT2D eigenvalue weighted by molar-refractivity contribution is -0.382. The van der Waals surface area contributed by atoms with Crippen LogP contribution in [0.5, 0.6) is 0 Å². The minimum atomic E-state index is -7.37. The Morgan fingerprint density at radius 2 is 1.38 bits per heavy atom. The summed E-state index contributed by atoms with van der Waals surface area (Å²) >= 11 is 0. The van der Waals surface area contributed by atoms with Crippen LogP contribution >= 0.6 is 0 Å². The molecule has 0 aromatic heterocycles. The number of carbonyl (C=O) groups is 1. The van der Waals surface area contributed by atoms with Crippen LogP contribution in [0.4, 0.5) is 39.5 Å². The highest BCUT2D eigenvalue weighted by Crippen LogP contribution is 2.57. The molecule has 1 aromatic rings. The molecule has 1 aliphatic rings. The van der Waals surface area contributed by atoms with E-state index < -0.39 is 62.4 Å². The lowest BCUT2D eigenvalue weighted by atomic mass is 9.80. The Labute approximate surface area is 158 Å². The van der Waals surface area contributed by atoms with E-state index in [4.69, 9.17) is 0 Å². The van der Waals surface area contributed by atoms with Gasteiger partial charge in [0.2, 0.25) is 9.84 Å². The molecular weight excluding hydrogens is 443 g/mol. The average Bonchev–Trinajstić information content (AvgIpc) is 2.90. The third-order valence-electron chi connectivity index (χ3n) is 4.98. The summed E-state index contributed by atoms with van der Waals surface area (Å²) < 4.78 is 144. The Bertz CT molecular complexity index is 894. The molecule has 0 bridgehead atoms. The zero-order valence-corrected chi connectivity index (χ0v) is 15.2. The molecule has 164 valence electrons. The minimum Gasteiger partial charge on any atom is -0.298 e. The van der Waals surface area contributed by atoms with E-state index in [2.05, 4.69) is 0 Å². The monoisotopic (exact) mass is 456 g/mol. The van der Waals surface area contributed by atoms with Gasteiger partial charge >= 0.3 is 23.3 Å². The molecule has 1 saturated carbocycles. The SMILES string of the molecule is CC1(c2ccccc2)CCC(=O)C1S(=O)(=O)C(F)(F)C(F)(F)C(F)(F)C(F)(F)F. The fraction of sp³-hybridized carbons (Fsp3) is 0.562. The van der Waals surface area contributed by atoms with Gasteiger partial charge < -0.3 is 0 Å². The van der Waals surface area contributed by atoms with E-state index in [9.17, 15) is 52.7 Å². The van der Waals surface area contributed by atoms with Crippen molar-refractivity contribution in [2.45, 2.75) is 53.7 Å². The normalized spacial score (nSPS) is 24.8. The van der Waals surface area contributed by atoms with Crippen LogP contribution in [0, 0.1) is 0 Å². The Morgan fingerprint density at radius 3 is 1.83 bits per heavy atom. The fourth-order valence-electron chi connectivity index (χ4n) is 3.32. The van der Waals surface area contributed by atoms with Crippen LogP contribution in [0.2, 0.25) is 0 Å². The summed E-state index contributed by atoms with van der Waals surface area (Å²) in [7, 11) is -6.86. The number of carbonyl (C=O) groups excluding carboxylic acids is 1. The van der Waals surface area contributed by atoms with Gasteiger partial charge in [-0.2, -0.15) is 39.5 Å². The average molecular weight is 456 g/mol. The topological polar surface area (TPSA) is 51.2 Å². The molecule has 2 unspecified atom stereocenters. The number of alkyl halides is 9. The number of halogens is 9. The van der Waals surface area contributed by atoms with Crippen molar-refractivity contribution in [1.82, 2.24) is 0 Å². The lowest BCUT2D eigenvalue weighted by Gasteiger charge is -2.37. The number of Topliss-reactive ketones (excluding diaryl/α,β-unsaturated/α-hetero) is 1. The molecule has 0 radical (unpaired) electrons. The van der Waals surface area contributed by atoms with Gasteiger partial charge in [-0.15, -0.1) is 0 Å². The maximum atomic E-state index is 14.2. The first-order chi connectivity index (χ1) is 12.9. The first-order valence-electron chi connectivity index (χ1n) is 7.87. The van der Waals surface area contributed by atoms with E-state index in [1.54, 1.807) is 0 Å². The second kappa shape index (κ2) is 6.61. The van der Waals surface area contributed by atoms with Gasteiger partial charge in [0.05, 0.1) is 0 Å². The Balaban J connectivity index is 2.67. The van der Waals surface area contributed by atoms with E-state index in [-0.39, 0.29) is 5.56 Å². The molecule has 29 heavy (non-hydrogen) atoms. The first kappa shape index (κ1) is 23.5.